The van der Waals surface area contributed by atoms with E-state index in [1.807, 2.05) is 13.8 Å². The molecule has 0 saturated heterocycles. The molecule has 9 nitrogen and oxygen atoms in total. The number of hydrogen-bond acceptors (Lipinski definition) is 7. The first-order valence-corrected chi connectivity index (χ1v) is 10.9. The van der Waals surface area contributed by atoms with E-state index < -0.39 is 10.0 Å². The quantitative estimate of drug-likeness (QED) is 0.557. The monoisotopic (exact) mass is 425 g/mol. The van der Waals surface area contributed by atoms with Crippen LogP contribution in [0, 0.1) is 11.8 Å². The van der Waals surface area contributed by atoms with Gasteiger partial charge in [-0.2, -0.15) is 8.42 Å². The summed E-state index contributed by atoms with van der Waals surface area (Å²) in [6.07, 6.45) is 0. The molecule has 11 heteroatoms. The lowest BCUT2D eigenvalue weighted by atomic mass is 10.1. The highest BCUT2D eigenvalue weighted by molar-refractivity contribution is 7.94. The number of aromatic nitrogens is 2. The maximum Gasteiger partial charge on any atom is 0.291 e. The van der Waals surface area contributed by atoms with Crippen molar-refractivity contribution >= 4 is 44.0 Å². The van der Waals surface area contributed by atoms with Gasteiger partial charge in [-0.1, -0.05) is 51.2 Å². The fourth-order valence-electron chi connectivity index (χ4n) is 1.97. The molecule has 0 spiro atoms. The molecule has 0 aliphatic rings. The summed E-state index contributed by atoms with van der Waals surface area (Å²) in [6.45, 7) is 7.79. The third-order valence-corrected chi connectivity index (χ3v) is 6.05. The van der Waals surface area contributed by atoms with Gasteiger partial charge in [0.05, 0.1) is 11.3 Å². The van der Waals surface area contributed by atoms with Gasteiger partial charge in [-0.3, -0.25) is 14.3 Å². The molecule has 152 valence electrons. The SMILES string of the molecule is CC(C)CNC(=O)c1ccccc1NS(=O)(=O)c1nnc(NC(=O)C(C)C)s1. The summed E-state index contributed by atoms with van der Waals surface area (Å²) in [5.41, 5.74) is 0.330. The van der Waals surface area contributed by atoms with E-state index in [0.29, 0.717) is 6.54 Å². The highest BCUT2D eigenvalue weighted by Gasteiger charge is 2.23. The molecule has 0 atom stereocenters. The van der Waals surface area contributed by atoms with Crippen LogP contribution >= 0.6 is 11.3 Å². The normalized spacial score (nSPS) is 11.5. The summed E-state index contributed by atoms with van der Waals surface area (Å²) < 4.78 is 27.3. The first-order chi connectivity index (χ1) is 13.1. The molecule has 1 aromatic heterocycles. The van der Waals surface area contributed by atoms with Crippen LogP contribution in [-0.2, 0) is 14.8 Å². The minimum atomic E-state index is -4.07. The number of nitrogens with one attached hydrogen (secondary N) is 3. The van der Waals surface area contributed by atoms with Crippen LogP contribution in [0.5, 0.6) is 0 Å². The minimum Gasteiger partial charge on any atom is -0.352 e. The summed E-state index contributed by atoms with van der Waals surface area (Å²) in [4.78, 5) is 24.1. The average Bonchev–Trinajstić information content (AvgIpc) is 3.09. The minimum absolute atomic E-state index is 0.0852. The second-order valence-electron chi connectivity index (χ2n) is 6.77. The molecule has 0 aliphatic carbocycles. The molecule has 1 aromatic carbocycles. The van der Waals surface area contributed by atoms with E-state index in [2.05, 4.69) is 25.6 Å². The van der Waals surface area contributed by atoms with Gasteiger partial charge in [0.25, 0.3) is 20.3 Å². The Kier molecular flexibility index (Phi) is 7.08. The molecule has 28 heavy (non-hydrogen) atoms. The number of hydrogen-bond donors (Lipinski definition) is 3. The molecule has 2 aromatic rings. The lowest BCUT2D eigenvalue weighted by Crippen LogP contribution is -2.28. The van der Waals surface area contributed by atoms with Crippen molar-refractivity contribution in [3.63, 3.8) is 0 Å². The van der Waals surface area contributed by atoms with Crippen molar-refractivity contribution in [1.82, 2.24) is 15.5 Å². The van der Waals surface area contributed by atoms with E-state index in [9.17, 15) is 18.0 Å². The van der Waals surface area contributed by atoms with E-state index >= 15 is 0 Å². The Morgan fingerprint density at radius 2 is 1.79 bits per heavy atom. The maximum atomic E-state index is 12.6. The maximum absolute atomic E-state index is 12.6. The third-order valence-electron chi connectivity index (χ3n) is 3.48. The molecule has 0 unspecified atom stereocenters. The van der Waals surface area contributed by atoms with Crippen LogP contribution in [0.4, 0.5) is 10.8 Å². The number of amides is 2. The first-order valence-electron chi connectivity index (χ1n) is 8.64. The molecule has 0 bridgehead atoms. The van der Waals surface area contributed by atoms with Gasteiger partial charge in [-0.15, -0.1) is 10.2 Å². The lowest BCUT2D eigenvalue weighted by Gasteiger charge is -2.12. The number of nitrogens with zero attached hydrogens (tertiary/aromatic N) is 2. The van der Waals surface area contributed by atoms with Crippen LogP contribution in [0.25, 0.3) is 0 Å². The summed E-state index contributed by atoms with van der Waals surface area (Å²) in [5, 5.41) is 12.7. The van der Waals surface area contributed by atoms with Gasteiger partial charge >= 0.3 is 0 Å². The molecule has 2 amide bonds. The second-order valence-corrected chi connectivity index (χ2v) is 9.61. The van der Waals surface area contributed by atoms with Crippen molar-refractivity contribution < 1.29 is 18.0 Å². The van der Waals surface area contributed by atoms with Gasteiger partial charge in [0.2, 0.25) is 11.0 Å². The third kappa shape index (κ3) is 5.73. The van der Waals surface area contributed by atoms with Gasteiger partial charge in [0, 0.05) is 12.5 Å². The highest BCUT2D eigenvalue weighted by Crippen LogP contribution is 2.24. The van der Waals surface area contributed by atoms with Crippen molar-refractivity contribution in [2.24, 2.45) is 11.8 Å². The van der Waals surface area contributed by atoms with Crippen molar-refractivity contribution in [3.05, 3.63) is 29.8 Å². The van der Waals surface area contributed by atoms with Gasteiger partial charge in [-0.25, -0.2) is 0 Å². The van der Waals surface area contributed by atoms with Gasteiger partial charge < -0.3 is 10.6 Å². The van der Waals surface area contributed by atoms with Crippen molar-refractivity contribution in [1.29, 1.82) is 0 Å². The molecule has 0 fully saturated rings. The molecule has 0 saturated carbocycles. The topological polar surface area (TPSA) is 130 Å². The Hall–Kier alpha value is -2.53. The van der Waals surface area contributed by atoms with E-state index in [1.54, 1.807) is 26.0 Å². The Labute approximate surface area is 168 Å². The molecule has 0 aliphatic heterocycles. The zero-order chi connectivity index (χ0) is 20.9. The summed E-state index contributed by atoms with van der Waals surface area (Å²) in [6, 6.07) is 6.28. The van der Waals surface area contributed by atoms with Crippen LogP contribution in [-0.4, -0.2) is 37.0 Å². The second kappa shape index (κ2) is 9.11. The molecular weight excluding hydrogens is 402 g/mol. The van der Waals surface area contributed by atoms with E-state index in [-0.39, 0.29) is 44.4 Å². The largest absolute Gasteiger partial charge is 0.352 e. The Balaban J connectivity index is 2.20. The first kappa shape index (κ1) is 21.8. The number of sulfonamides is 1. The standard InChI is InChI=1S/C17H23N5O4S2/c1-10(2)9-18-15(24)12-7-5-6-8-13(12)22-28(25,26)17-21-20-16(27-17)19-14(23)11(3)4/h5-8,10-11,22H,9H2,1-4H3,(H,18,24)(H,19,20,23). The van der Waals surface area contributed by atoms with E-state index in [4.69, 9.17) is 0 Å². The predicted octanol–water partition coefficient (Wildman–Crippen LogP) is 2.32. The fraction of sp³-hybridized carbons (Fsp3) is 0.412. The van der Waals surface area contributed by atoms with Crippen molar-refractivity contribution in [3.8, 4) is 0 Å². The number of anilines is 2. The zero-order valence-corrected chi connectivity index (χ0v) is 17.6. The molecular formula is C17H23N5O4S2. The predicted molar refractivity (Wildman–Crippen MR) is 108 cm³/mol. The average molecular weight is 426 g/mol. The Morgan fingerprint density at radius 1 is 1.11 bits per heavy atom. The fourth-order valence-corrected chi connectivity index (χ4v) is 3.95. The number of carbonyl (C=O) groups excluding carboxylic acids is 2. The van der Waals surface area contributed by atoms with E-state index in [0.717, 1.165) is 11.3 Å². The highest BCUT2D eigenvalue weighted by atomic mass is 32.2. The number of para-hydroxylation sites is 1. The summed E-state index contributed by atoms with van der Waals surface area (Å²) in [5.74, 6) is -0.693. The molecule has 2 rings (SSSR count). The smallest absolute Gasteiger partial charge is 0.291 e. The van der Waals surface area contributed by atoms with Gasteiger partial charge in [-0.05, 0) is 18.1 Å². The Bertz CT molecular complexity index is 954. The van der Waals surface area contributed by atoms with Crippen LogP contribution in [0.3, 0.4) is 0 Å². The zero-order valence-electron chi connectivity index (χ0n) is 16.0. The van der Waals surface area contributed by atoms with Crippen LogP contribution in [0.2, 0.25) is 0 Å². The van der Waals surface area contributed by atoms with Gasteiger partial charge in [0.1, 0.15) is 0 Å². The number of benzene rings is 1. The van der Waals surface area contributed by atoms with Crippen LogP contribution in [0.1, 0.15) is 38.1 Å². The Morgan fingerprint density at radius 3 is 2.43 bits per heavy atom. The molecule has 1 heterocycles. The molecule has 3 N–H and O–H groups in total. The number of rotatable bonds is 8. The lowest BCUT2D eigenvalue weighted by molar-refractivity contribution is -0.118. The summed E-state index contributed by atoms with van der Waals surface area (Å²) in [7, 11) is -4.07. The van der Waals surface area contributed by atoms with E-state index in [1.165, 1.54) is 12.1 Å². The summed E-state index contributed by atoms with van der Waals surface area (Å²) >= 11 is 0.728. The number of carbonyl (C=O) groups is 2. The van der Waals surface area contributed by atoms with Crippen molar-refractivity contribution in [2.45, 2.75) is 32.0 Å². The van der Waals surface area contributed by atoms with Gasteiger partial charge in [0.15, 0.2) is 0 Å². The van der Waals surface area contributed by atoms with Crippen LogP contribution in [0.15, 0.2) is 28.6 Å². The van der Waals surface area contributed by atoms with Crippen molar-refractivity contribution in [2.75, 3.05) is 16.6 Å². The van der Waals surface area contributed by atoms with Crippen LogP contribution < -0.4 is 15.4 Å². The molecule has 0 radical (unpaired) electrons.